The van der Waals surface area contributed by atoms with Gasteiger partial charge in [0.15, 0.2) is 5.78 Å². The van der Waals surface area contributed by atoms with Crippen molar-refractivity contribution in [3.05, 3.63) is 0 Å². The Kier molecular flexibility index (Phi) is 6.04. The van der Waals surface area contributed by atoms with Gasteiger partial charge in [0, 0.05) is 18.8 Å². The topological polar surface area (TPSA) is 97.7 Å². The van der Waals surface area contributed by atoms with E-state index in [2.05, 4.69) is 13.8 Å². The van der Waals surface area contributed by atoms with Crippen molar-refractivity contribution >= 4 is 23.5 Å². The molecule has 31 heavy (non-hydrogen) atoms. The van der Waals surface area contributed by atoms with E-state index in [1.165, 1.54) is 6.42 Å². The third-order valence-electron chi connectivity index (χ3n) is 9.79. The predicted molar refractivity (Wildman–Crippen MR) is 113 cm³/mol. The molecule has 4 aliphatic carbocycles. The van der Waals surface area contributed by atoms with Gasteiger partial charge in [-0.1, -0.05) is 13.8 Å². The minimum Gasteiger partial charge on any atom is -0.481 e. The second-order valence-corrected chi connectivity index (χ2v) is 11.1. The van der Waals surface area contributed by atoms with Gasteiger partial charge in [0.05, 0.1) is 12.8 Å². The molecule has 0 aromatic carbocycles. The van der Waals surface area contributed by atoms with Crippen LogP contribution >= 0.6 is 0 Å². The van der Waals surface area contributed by atoms with Gasteiger partial charge in [-0.15, -0.1) is 0 Å². The van der Waals surface area contributed by atoms with Crippen molar-refractivity contribution in [3.63, 3.8) is 0 Å². The van der Waals surface area contributed by atoms with Crippen molar-refractivity contribution in [2.75, 3.05) is 6.61 Å². The lowest BCUT2D eigenvalue weighted by Gasteiger charge is -2.60. The monoisotopic (exact) mass is 432 g/mol. The average molecular weight is 433 g/mol. The number of aliphatic carboxylic acids is 1. The Balaban J connectivity index is 1.41. The summed E-state index contributed by atoms with van der Waals surface area (Å²) in [6.07, 6.45) is 8.41. The summed E-state index contributed by atoms with van der Waals surface area (Å²) in [5, 5.41) is 8.68. The summed E-state index contributed by atoms with van der Waals surface area (Å²) < 4.78 is 5.11. The Morgan fingerprint density at radius 1 is 0.968 bits per heavy atom. The zero-order chi connectivity index (χ0) is 22.4. The minimum atomic E-state index is -1.04. The second-order valence-electron chi connectivity index (χ2n) is 11.1. The number of carbonyl (C=O) groups excluding carboxylic acids is 3. The number of hydrogen-bond acceptors (Lipinski definition) is 5. The number of hydrogen-bond donors (Lipinski definition) is 1. The number of rotatable bonds is 6. The molecule has 6 heteroatoms. The lowest BCUT2D eigenvalue weighted by molar-refractivity contribution is -0.154. The Hall–Kier alpha value is -1.72. The summed E-state index contributed by atoms with van der Waals surface area (Å²) >= 11 is 0. The SMILES string of the molecule is C[C@]12CCC(=O)C[C@H]1CC[C@H]1[C@H]2CC[C@]2(C)[C@@H](C(=O)COC(=O)CCC(=O)O)CC[C@@H]12. The van der Waals surface area contributed by atoms with Crippen molar-refractivity contribution in [3.8, 4) is 0 Å². The Morgan fingerprint density at radius 2 is 1.71 bits per heavy atom. The molecule has 0 amide bonds. The standard InChI is InChI=1S/C25H36O6/c1-24-11-9-16(26)13-15(24)3-4-17-18-5-6-20(25(18,2)12-10-19(17)24)21(27)14-31-23(30)8-7-22(28)29/h15,17-20H,3-14H2,1-2H3,(H,28,29)/t15-,17-,18+,19-,20-,24+,25+/m1/s1. The summed E-state index contributed by atoms with van der Waals surface area (Å²) in [7, 11) is 0. The van der Waals surface area contributed by atoms with Crippen LogP contribution in [0.15, 0.2) is 0 Å². The zero-order valence-electron chi connectivity index (χ0n) is 18.9. The summed E-state index contributed by atoms with van der Waals surface area (Å²) in [4.78, 5) is 47.4. The van der Waals surface area contributed by atoms with Crippen LogP contribution in [0.1, 0.15) is 84.5 Å². The molecule has 6 nitrogen and oxygen atoms in total. The van der Waals surface area contributed by atoms with Crippen molar-refractivity contribution in [2.24, 2.45) is 40.4 Å². The van der Waals surface area contributed by atoms with Gasteiger partial charge in [-0.05, 0) is 79.4 Å². The summed E-state index contributed by atoms with van der Waals surface area (Å²) in [5.41, 5.74) is 0.222. The average Bonchev–Trinajstić information content (AvgIpc) is 3.08. The number of fused-ring (bicyclic) bond motifs is 5. The van der Waals surface area contributed by atoms with Gasteiger partial charge in [0.1, 0.15) is 12.4 Å². The van der Waals surface area contributed by atoms with Crippen LogP contribution in [0, 0.1) is 40.4 Å². The third-order valence-corrected chi connectivity index (χ3v) is 9.79. The maximum atomic E-state index is 13.0. The molecule has 172 valence electrons. The van der Waals surface area contributed by atoms with Crippen molar-refractivity contribution < 1.29 is 29.0 Å². The summed E-state index contributed by atoms with van der Waals surface area (Å²) in [6, 6.07) is 0. The predicted octanol–water partition coefficient (Wildman–Crippen LogP) is 4.19. The second kappa shape index (κ2) is 8.32. The molecule has 0 radical (unpaired) electrons. The number of carbonyl (C=O) groups is 4. The lowest BCUT2D eigenvalue weighted by atomic mass is 9.44. The van der Waals surface area contributed by atoms with E-state index in [4.69, 9.17) is 9.84 Å². The molecule has 7 atom stereocenters. The number of esters is 1. The van der Waals surface area contributed by atoms with Gasteiger partial charge >= 0.3 is 11.9 Å². The number of carboxylic acids is 1. The lowest BCUT2D eigenvalue weighted by Crippen LogP contribution is -2.54. The normalized spacial score (nSPS) is 41.6. The Bertz CT molecular complexity index is 774. The first-order chi connectivity index (χ1) is 14.6. The number of ketones is 2. The van der Waals surface area contributed by atoms with Crippen LogP contribution in [0.5, 0.6) is 0 Å². The van der Waals surface area contributed by atoms with Gasteiger partial charge < -0.3 is 9.84 Å². The first-order valence-corrected chi connectivity index (χ1v) is 12.1. The largest absolute Gasteiger partial charge is 0.481 e. The molecule has 0 heterocycles. The van der Waals surface area contributed by atoms with E-state index in [0.717, 1.165) is 51.4 Å². The number of carboxylic acid groups (broad SMARTS) is 1. The van der Waals surface area contributed by atoms with Crippen LogP contribution in [0.25, 0.3) is 0 Å². The van der Waals surface area contributed by atoms with E-state index in [1.807, 2.05) is 0 Å². The van der Waals surface area contributed by atoms with Crippen LogP contribution < -0.4 is 0 Å². The van der Waals surface area contributed by atoms with Crippen molar-refractivity contribution in [1.29, 1.82) is 0 Å². The smallest absolute Gasteiger partial charge is 0.306 e. The van der Waals surface area contributed by atoms with Gasteiger partial charge in [-0.2, -0.15) is 0 Å². The Morgan fingerprint density at radius 3 is 2.45 bits per heavy atom. The Labute approximate surface area is 184 Å². The maximum absolute atomic E-state index is 13.0. The molecule has 0 aliphatic heterocycles. The molecule has 4 rings (SSSR count). The summed E-state index contributed by atoms with van der Waals surface area (Å²) in [5.74, 6) is 1.03. The van der Waals surface area contributed by atoms with Gasteiger partial charge in [-0.25, -0.2) is 0 Å². The fourth-order valence-electron chi connectivity index (χ4n) is 8.11. The van der Waals surface area contributed by atoms with E-state index in [9.17, 15) is 19.2 Å². The number of ether oxygens (including phenoxy) is 1. The van der Waals surface area contributed by atoms with Crippen LogP contribution in [0.2, 0.25) is 0 Å². The first-order valence-electron chi connectivity index (χ1n) is 12.1. The van der Waals surface area contributed by atoms with E-state index >= 15 is 0 Å². The van der Waals surface area contributed by atoms with Gasteiger partial charge in [-0.3, -0.25) is 19.2 Å². The molecular weight excluding hydrogens is 396 g/mol. The molecular formula is C25H36O6. The van der Waals surface area contributed by atoms with E-state index in [1.54, 1.807) is 0 Å². The van der Waals surface area contributed by atoms with Crippen molar-refractivity contribution in [1.82, 2.24) is 0 Å². The van der Waals surface area contributed by atoms with Crippen LogP contribution in [0.3, 0.4) is 0 Å². The van der Waals surface area contributed by atoms with Crippen LogP contribution in [0.4, 0.5) is 0 Å². The van der Waals surface area contributed by atoms with E-state index < -0.39 is 11.9 Å². The molecule has 0 unspecified atom stereocenters. The van der Waals surface area contributed by atoms with E-state index in [0.29, 0.717) is 29.5 Å². The quantitative estimate of drug-likeness (QED) is 0.632. The highest BCUT2D eigenvalue weighted by atomic mass is 16.5. The minimum absolute atomic E-state index is 0.00437. The zero-order valence-corrected chi connectivity index (χ0v) is 18.9. The fraction of sp³-hybridized carbons (Fsp3) is 0.840. The molecule has 4 fully saturated rings. The first kappa shape index (κ1) is 22.5. The molecule has 4 aliphatic rings. The molecule has 0 aromatic heterocycles. The maximum Gasteiger partial charge on any atom is 0.306 e. The van der Waals surface area contributed by atoms with E-state index in [-0.39, 0.29) is 42.0 Å². The highest BCUT2D eigenvalue weighted by molar-refractivity contribution is 5.86. The molecule has 0 saturated heterocycles. The van der Waals surface area contributed by atoms with Crippen molar-refractivity contribution in [2.45, 2.75) is 84.5 Å². The molecule has 1 N–H and O–H groups in total. The fourth-order valence-corrected chi connectivity index (χ4v) is 8.11. The third kappa shape index (κ3) is 3.95. The number of Topliss-reactive ketones (excluding diaryl/α,β-unsaturated/α-hetero) is 2. The molecule has 0 spiro atoms. The highest BCUT2D eigenvalue weighted by Gasteiger charge is 2.61. The van der Waals surface area contributed by atoms with Crippen LogP contribution in [-0.2, 0) is 23.9 Å². The molecule has 0 aromatic rings. The molecule has 0 bridgehead atoms. The van der Waals surface area contributed by atoms with Gasteiger partial charge in [0.2, 0.25) is 0 Å². The van der Waals surface area contributed by atoms with Gasteiger partial charge in [0.25, 0.3) is 0 Å². The highest BCUT2D eigenvalue weighted by Crippen LogP contribution is 2.67. The molecule has 4 saturated carbocycles. The summed E-state index contributed by atoms with van der Waals surface area (Å²) in [6.45, 7) is 4.47. The van der Waals surface area contributed by atoms with Crippen LogP contribution in [-0.4, -0.2) is 35.2 Å².